The Morgan fingerprint density at radius 3 is 2.75 bits per heavy atom. The molecule has 0 bridgehead atoms. The summed E-state index contributed by atoms with van der Waals surface area (Å²) in [4.78, 5) is 12.4. The smallest absolute Gasteiger partial charge is 0.234 e. The topological polar surface area (TPSA) is 69.0 Å². The number of methoxy groups -OCH3 is 1. The number of carbonyl (C=O) groups is 1. The molecular weight excluding hydrogens is 396 g/mol. The summed E-state index contributed by atoms with van der Waals surface area (Å²) in [6.45, 7) is 4.30. The van der Waals surface area contributed by atoms with Crippen LogP contribution in [0.3, 0.4) is 0 Å². The summed E-state index contributed by atoms with van der Waals surface area (Å²) in [6, 6.07) is 14.7. The molecule has 3 rings (SSSR count). The van der Waals surface area contributed by atoms with Crippen molar-refractivity contribution in [3.8, 4) is 17.1 Å². The maximum Gasteiger partial charge on any atom is 0.234 e. The summed E-state index contributed by atoms with van der Waals surface area (Å²) in [6.07, 6.45) is 1.75. The first-order valence-electron chi connectivity index (χ1n) is 8.48. The molecule has 0 aliphatic rings. The molecule has 0 saturated carbocycles. The maximum atomic E-state index is 12.4. The van der Waals surface area contributed by atoms with Crippen molar-refractivity contribution in [1.29, 1.82) is 0 Å². The van der Waals surface area contributed by atoms with Gasteiger partial charge in [-0.1, -0.05) is 53.7 Å². The number of carbonyl (C=O) groups excluding carboxylic acids is 1. The van der Waals surface area contributed by atoms with E-state index in [4.69, 9.17) is 16.3 Å². The minimum atomic E-state index is -0.165. The van der Waals surface area contributed by atoms with E-state index in [-0.39, 0.29) is 11.7 Å². The van der Waals surface area contributed by atoms with Crippen molar-refractivity contribution < 1.29 is 9.53 Å². The van der Waals surface area contributed by atoms with Crippen LogP contribution >= 0.6 is 23.4 Å². The van der Waals surface area contributed by atoms with Gasteiger partial charge in [0.05, 0.1) is 23.6 Å². The fraction of sp³-hybridized carbons (Fsp3) is 0.150. The normalized spacial score (nSPS) is 10.5. The first-order valence-corrected chi connectivity index (χ1v) is 9.85. The second-order valence-electron chi connectivity index (χ2n) is 5.72. The number of hydrogen-bond acceptors (Lipinski definition) is 5. The Kier molecular flexibility index (Phi) is 6.73. The zero-order valence-corrected chi connectivity index (χ0v) is 16.8. The predicted molar refractivity (Wildman–Crippen MR) is 113 cm³/mol. The second kappa shape index (κ2) is 9.43. The number of amides is 1. The Bertz CT molecular complexity index is 990. The monoisotopic (exact) mass is 414 g/mol. The number of nitrogens with one attached hydrogen (secondary N) is 1. The van der Waals surface area contributed by atoms with E-state index in [0.29, 0.717) is 34.0 Å². The van der Waals surface area contributed by atoms with Gasteiger partial charge in [-0.15, -0.1) is 16.8 Å². The third kappa shape index (κ3) is 4.55. The number of para-hydroxylation sites is 2. The van der Waals surface area contributed by atoms with Gasteiger partial charge in [0, 0.05) is 12.1 Å². The fourth-order valence-corrected chi connectivity index (χ4v) is 3.56. The molecule has 1 aromatic heterocycles. The van der Waals surface area contributed by atoms with Crippen LogP contribution in [-0.4, -0.2) is 33.5 Å². The van der Waals surface area contributed by atoms with E-state index in [1.54, 1.807) is 31.4 Å². The van der Waals surface area contributed by atoms with Gasteiger partial charge in [0.15, 0.2) is 11.0 Å². The molecular formula is C20H19ClN4O2S. The van der Waals surface area contributed by atoms with Gasteiger partial charge in [-0.3, -0.25) is 9.36 Å². The van der Waals surface area contributed by atoms with Gasteiger partial charge in [-0.25, -0.2) is 0 Å². The van der Waals surface area contributed by atoms with Gasteiger partial charge >= 0.3 is 0 Å². The zero-order valence-electron chi connectivity index (χ0n) is 15.3. The highest BCUT2D eigenvalue weighted by atomic mass is 35.5. The highest BCUT2D eigenvalue weighted by Gasteiger charge is 2.17. The minimum absolute atomic E-state index is 0.165. The maximum absolute atomic E-state index is 12.4. The van der Waals surface area contributed by atoms with Crippen LogP contribution in [0, 0.1) is 0 Å². The third-order valence-electron chi connectivity index (χ3n) is 3.86. The average molecular weight is 415 g/mol. The molecule has 0 atom stereocenters. The van der Waals surface area contributed by atoms with Gasteiger partial charge in [0.25, 0.3) is 0 Å². The second-order valence-corrected chi connectivity index (χ2v) is 7.07. The van der Waals surface area contributed by atoms with E-state index < -0.39 is 0 Å². The van der Waals surface area contributed by atoms with Crippen molar-refractivity contribution in [2.24, 2.45) is 0 Å². The average Bonchev–Trinajstić information content (AvgIpc) is 3.10. The zero-order chi connectivity index (χ0) is 19.9. The quantitative estimate of drug-likeness (QED) is 0.433. The van der Waals surface area contributed by atoms with Crippen molar-refractivity contribution in [3.05, 3.63) is 66.2 Å². The highest BCUT2D eigenvalue weighted by Crippen LogP contribution is 2.29. The van der Waals surface area contributed by atoms with Crippen molar-refractivity contribution in [1.82, 2.24) is 14.8 Å². The number of allylic oxidation sites excluding steroid dienone is 1. The SMILES string of the molecule is C=CCn1c(SCC(=O)Nc2ccccc2OC)nnc1-c1ccccc1Cl. The summed E-state index contributed by atoms with van der Waals surface area (Å²) in [7, 11) is 1.56. The van der Waals surface area contributed by atoms with Crippen molar-refractivity contribution in [3.63, 3.8) is 0 Å². The summed E-state index contributed by atoms with van der Waals surface area (Å²) >= 11 is 7.59. The molecule has 1 N–H and O–H groups in total. The van der Waals surface area contributed by atoms with Crippen LogP contribution in [-0.2, 0) is 11.3 Å². The molecule has 144 valence electrons. The molecule has 0 radical (unpaired) electrons. The lowest BCUT2D eigenvalue weighted by atomic mass is 10.2. The number of aromatic nitrogens is 3. The molecule has 1 amide bonds. The molecule has 0 saturated heterocycles. The van der Waals surface area contributed by atoms with Crippen LogP contribution in [0.1, 0.15) is 0 Å². The van der Waals surface area contributed by atoms with E-state index >= 15 is 0 Å². The van der Waals surface area contributed by atoms with Gasteiger partial charge < -0.3 is 10.1 Å². The Hall–Kier alpha value is -2.77. The summed E-state index contributed by atoms with van der Waals surface area (Å²) in [5, 5.41) is 12.5. The molecule has 0 spiro atoms. The van der Waals surface area contributed by atoms with Gasteiger partial charge in [0.1, 0.15) is 5.75 Å². The van der Waals surface area contributed by atoms with E-state index in [1.807, 2.05) is 34.9 Å². The molecule has 0 unspecified atom stereocenters. The Labute approximate surface area is 172 Å². The van der Waals surface area contributed by atoms with Crippen LogP contribution in [0.5, 0.6) is 5.75 Å². The lowest BCUT2D eigenvalue weighted by Crippen LogP contribution is -2.15. The van der Waals surface area contributed by atoms with Crippen molar-refractivity contribution in [2.75, 3.05) is 18.2 Å². The van der Waals surface area contributed by atoms with E-state index in [2.05, 4.69) is 22.1 Å². The highest BCUT2D eigenvalue weighted by molar-refractivity contribution is 7.99. The Balaban J connectivity index is 1.75. The predicted octanol–water partition coefficient (Wildman–Crippen LogP) is 4.52. The molecule has 0 aliphatic heterocycles. The van der Waals surface area contributed by atoms with E-state index in [1.165, 1.54) is 11.8 Å². The molecule has 8 heteroatoms. The van der Waals surface area contributed by atoms with Crippen LogP contribution in [0.25, 0.3) is 11.4 Å². The number of rotatable bonds is 8. The molecule has 2 aromatic carbocycles. The van der Waals surface area contributed by atoms with Crippen molar-refractivity contribution in [2.45, 2.75) is 11.7 Å². The van der Waals surface area contributed by atoms with E-state index in [9.17, 15) is 4.79 Å². The number of halogens is 1. The fourth-order valence-electron chi connectivity index (χ4n) is 2.60. The molecule has 0 aliphatic carbocycles. The lowest BCUT2D eigenvalue weighted by Gasteiger charge is -2.10. The first-order chi connectivity index (χ1) is 13.6. The minimum Gasteiger partial charge on any atom is -0.495 e. The number of anilines is 1. The number of thioether (sulfide) groups is 1. The summed E-state index contributed by atoms with van der Waals surface area (Å²) < 4.78 is 7.14. The number of nitrogens with zero attached hydrogens (tertiary/aromatic N) is 3. The van der Waals surface area contributed by atoms with Gasteiger partial charge in [-0.2, -0.15) is 0 Å². The molecule has 1 heterocycles. The Morgan fingerprint density at radius 2 is 2.00 bits per heavy atom. The lowest BCUT2D eigenvalue weighted by molar-refractivity contribution is -0.113. The molecule has 28 heavy (non-hydrogen) atoms. The van der Waals surface area contributed by atoms with E-state index in [0.717, 1.165) is 5.56 Å². The number of ether oxygens (including phenoxy) is 1. The standard InChI is InChI=1S/C20H19ClN4O2S/c1-3-12-25-19(14-8-4-5-9-15(14)21)23-24-20(25)28-13-18(26)22-16-10-6-7-11-17(16)27-2/h3-11H,1,12-13H2,2H3,(H,22,26). The van der Waals surface area contributed by atoms with Crippen LogP contribution in [0.15, 0.2) is 66.3 Å². The molecule has 0 fully saturated rings. The van der Waals surface area contributed by atoms with Crippen LogP contribution in [0.4, 0.5) is 5.69 Å². The van der Waals surface area contributed by atoms with Crippen LogP contribution < -0.4 is 10.1 Å². The third-order valence-corrected chi connectivity index (χ3v) is 5.15. The molecule has 3 aromatic rings. The Morgan fingerprint density at radius 1 is 1.25 bits per heavy atom. The largest absolute Gasteiger partial charge is 0.495 e. The number of benzene rings is 2. The van der Waals surface area contributed by atoms with Crippen molar-refractivity contribution >= 4 is 35.0 Å². The summed E-state index contributed by atoms with van der Waals surface area (Å²) in [5.74, 6) is 1.26. The van der Waals surface area contributed by atoms with Gasteiger partial charge in [-0.05, 0) is 24.3 Å². The molecule has 6 nitrogen and oxygen atoms in total. The first kappa shape index (κ1) is 20.0. The summed E-state index contributed by atoms with van der Waals surface area (Å²) in [5.41, 5.74) is 1.41. The number of hydrogen-bond donors (Lipinski definition) is 1. The van der Waals surface area contributed by atoms with Gasteiger partial charge in [0.2, 0.25) is 5.91 Å². The van der Waals surface area contributed by atoms with Crippen LogP contribution in [0.2, 0.25) is 5.02 Å².